The van der Waals surface area contributed by atoms with Crippen molar-refractivity contribution < 1.29 is 19.1 Å². The fraction of sp³-hybridized carbons (Fsp3) is 0.452. The van der Waals surface area contributed by atoms with Gasteiger partial charge in [0, 0.05) is 6.20 Å². The number of fused-ring (bicyclic) bond motifs is 10. The molecule has 4 rings (SSSR count). The molecule has 39 heavy (non-hydrogen) atoms. The highest BCUT2D eigenvalue weighted by Gasteiger charge is 2.38. The van der Waals surface area contributed by atoms with Crippen LogP contribution in [0.5, 0.6) is 5.75 Å². The smallest absolute Gasteiger partial charge is 0.247 e. The number of carbonyl (C=O) groups excluding carboxylic acids is 3. The van der Waals surface area contributed by atoms with Crippen molar-refractivity contribution in [2.24, 2.45) is 5.92 Å². The summed E-state index contributed by atoms with van der Waals surface area (Å²) in [4.78, 5) is 42.7. The van der Waals surface area contributed by atoms with Gasteiger partial charge in [0.15, 0.2) is 6.10 Å². The minimum absolute atomic E-state index is 0.139. The molecule has 3 N–H and O–H groups in total. The molecule has 5 atom stereocenters. The molecule has 0 saturated heterocycles. The fourth-order valence-electron chi connectivity index (χ4n) is 4.58. The lowest BCUT2D eigenvalue weighted by atomic mass is 9.95. The number of ether oxygens (including phenoxy) is 1. The number of nitrogens with one attached hydrogen (secondary N) is 3. The lowest BCUT2D eigenvalue weighted by Gasteiger charge is -2.33. The highest BCUT2D eigenvalue weighted by molar-refractivity contribution is 5.94. The first kappa shape index (κ1) is 29.9. The van der Waals surface area contributed by atoms with Gasteiger partial charge in [-0.25, -0.2) is 0 Å². The van der Waals surface area contributed by atoms with E-state index in [2.05, 4.69) is 22.9 Å². The Morgan fingerprint density at radius 1 is 1.03 bits per heavy atom. The van der Waals surface area contributed by atoms with E-state index >= 15 is 0 Å². The topological polar surface area (TPSA) is 99.8 Å². The SMILES string of the molecule is CCCCC(C(=O)NC1C(=O)NC(C(C)CC)C(=O)NC=Cc2ccc(cc2)OC1c1ccccc1)N(C)C. The minimum Gasteiger partial charge on any atom is -0.483 e. The fourth-order valence-corrected chi connectivity index (χ4v) is 4.58. The molecule has 0 fully saturated rings. The van der Waals surface area contributed by atoms with Gasteiger partial charge in [-0.1, -0.05) is 82.5 Å². The van der Waals surface area contributed by atoms with Crippen LogP contribution in [-0.4, -0.2) is 54.8 Å². The molecule has 3 amide bonds. The largest absolute Gasteiger partial charge is 0.483 e. The molecule has 0 saturated carbocycles. The maximum Gasteiger partial charge on any atom is 0.247 e. The Morgan fingerprint density at radius 3 is 2.33 bits per heavy atom. The van der Waals surface area contributed by atoms with Crippen molar-refractivity contribution in [2.75, 3.05) is 14.1 Å². The summed E-state index contributed by atoms with van der Waals surface area (Å²) in [5.74, 6) is -0.646. The van der Waals surface area contributed by atoms with Crippen molar-refractivity contribution in [3.05, 3.63) is 71.9 Å². The second kappa shape index (κ2) is 14.5. The van der Waals surface area contributed by atoms with E-state index in [1.807, 2.05) is 87.4 Å². The van der Waals surface area contributed by atoms with Crippen LogP contribution in [0.15, 0.2) is 60.8 Å². The van der Waals surface area contributed by atoms with Gasteiger partial charge in [0.05, 0.1) is 6.04 Å². The number of nitrogens with zero attached hydrogens (tertiary/aromatic N) is 1. The first-order valence-corrected chi connectivity index (χ1v) is 13.8. The monoisotopic (exact) mass is 534 g/mol. The van der Waals surface area contributed by atoms with E-state index in [1.54, 1.807) is 12.3 Å². The van der Waals surface area contributed by atoms with Gasteiger partial charge in [-0.3, -0.25) is 19.3 Å². The number of rotatable bonds is 9. The Balaban J connectivity index is 2.10. The van der Waals surface area contributed by atoms with Crippen LogP contribution in [0.1, 0.15) is 63.7 Å². The number of amides is 3. The third-order valence-electron chi connectivity index (χ3n) is 7.21. The zero-order chi connectivity index (χ0) is 28.4. The molecule has 2 aromatic carbocycles. The molecule has 0 radical (unpaired) electrons. The van der Waals surface area contributed by atoms with Crippen LogP contribution in [-0.2, 0) is 14.4 Å². The molecule has 2 aliphatic rings. The maximum atomic E-state index is 14.0. The molecule has 0 aliphatic carbocycles. The number of likely N-dealkylation sites (N-methyl/N-ethyl adjacent to an activating group) is 1. The Hall–Kier alpha value is -3.65. The summed E-state index contributed by atoms with van der Waals surface area (Å²) in [7, 11) is 3.72. The highest BCUT2D eigenvalue weighted by atomic mass is 16.5. The lowest BCUT2D eigenvalue weighted by Crippen LogP contribution is -2.59. The third kappa shape index (κ3) is 8.17. The van der Waals surface area contributed by atoms with E-state index in [-0.39, 0.29) is 17.7 Å². The van der Waals surface area contributed by atoms with Gasteiger partial charge >= 0.3 is 0 Å². The Bertz CT molecular complexity index is 1120. The lowest BCUT2D eigenvalue weighted by molar-refractivity contribution is -0.136. The number of hydrogen-bond donors (Lipinski definition) is 3. The predicted octanol–water partition coefficient (Wildman–Crippen LogP) is 4.04. The van der Waals surface area contributed by atoms with Gasteiger partial charge in [0.1, 0.15) is 17.8 Å². The van der Waals surface area contributed by atoms with E-state index in [9.17, 15) is 14.4 Å². The van der Waals surface area contributed by atoms with E-state index in [1.165, 1.54) is 0 Å². The number of benzene rings is 2. The maximum absolute atomic E-state index is 14.0. The van der Waals surface area contributed by atoms with Crippen LogP contribution >= 0.6 is 0 Å². The molecule has 8 nitrogen and oxygen atoms in total. The normalized spacial score (nSPS) is 21.3. The first-order chi connectivity index (χ1) is 18.7. The quantitative estimate of drug-likeness (QED) is 0.451. The molecule has 2 aromatic rings. The standard InChI is InChI=1S/C31H42N4O4/c1-6-8-14-25(35(4)5)29(36)34-27-28(23-12-10-9-11-13-23)39-24-17-15-22(16-18-24)19-20-32-30(37)26(21(3)7-2)33-31(27)38/h9-13,15-21,25-28H,6-8,14H2,1-5H3,(H,32,37)(H,33,38)(H,34,36). The van der Waals surface area contributed by atoms with Crippen LogP contribution in [0.25, 0.3) is 6.08 Å². The van der Waals surface area contributed by atoms with Crippen molar-refractivity contribution in [1.82, 2.24) is 20.9 Å². The molecule has 2 heterocycles. The highest BCUT2D eigenvalue weighted by Crippen LogP contribution is 2.27. The molecule has 8 heteroatoms. The van der Waals surface area contributed by atoms with Crippen molar-refractivity contribution in [1.29, 1.82) is 0 Å². The Morgan fingerprint density at radius 2 is 1.72 bits per heavy atom. The summed E-state index contributed by atoms with van der Waals surface area (Å²) in [6, 6.07) is 14.4. The van der Waals surface area contributed by atoms with Crippen molar-refractivity contribution >= 4 is 23.8 Å². The molecule has 210 valence electrons. The van der Waals surface area contributed by atoms with Gasteiger partial charge in [-0.05, 0) is 55.8 Å². The predicted molar refractivity (Wildman–Crippen MR) is 154 cm³/mol. The Kier molecular flexibility index (Phi) is 11.1. The van der Waals surface area contributed by atoms with E-state index in [0.717, 1.165) is 24.0 Å². The summed E-state index contributed by atoms with van der Waals surface area (Å²) in [5.41, 5.74) is 1.61. The molecule has 0 aromatic heterocycles. The van der Waals surface area contributed by atoms with Crippen LogP contribution in [0.3, 0.4) is 0 Å². The molecular weight excluding hydrogens is 492 g/mol. The zero-order valence-corrected chi connectivity index (χ0v) is 23.6. The van der Waals surface area contributed by atoms with Gasteiger partial charge in [0.2, 0.25) is 17.7 Å². The molecule has 2 aliphatic heterocycles. The van der Waals surface area contributed by atoms with Crippen molar-refractivity contribution in [2.45, 2.75) is 70.7 Å². The summed E-state index contributed by atoms with van der Waals surface area (Å²) in [6.07, 6.45) is 5.69. The summed E-state index contributed by atoms with van der Waals surface area (Å²) in [6.45, 7) is 5.97. The van der Waals surface area contributed by atoms with Gasteiger partial charge in [-0.15, -0.1) is 0 Å². The zero-order valence-electron chi connectivity index (χ0n) is 23.6. The second-order valence-corrected chi connectivity index (χ2v) is 10.3. The number of hydrogen-bond acceptors (Lipinski definition) is 5. The van der Waals surface area contributed by atoms with Crippen LogP contribution in [0.4, 0.5) is 0 Å². The van der Waals surface area contributed by atoms with Gasteiger partial charge in [-0.2, -0.15) is 0 Å². The van der Waals surface area contributed by atoms with Crippen LogP contribution in [0.2, 0.25) is 0 Å². The summed E-state index contributed by atoms with van der Waals surface area (Å²) >= 11 is 0. The average molecular weight is 535 g/mol. The summed E-state index contributed by atoms with van der Waals surface area (Å²) < 4.78 is 6.44. The Labute approximate surface area is 232 Å². The number of unbranched alkanes of at least 4 members (excludes halogenated alkanes) is 1. The van der Waals surface area contributed by atoms with Gasteiger partial charge in [0.25, 0.3) is 0 Å². The summed E-state index contributed by atoms with van der Waals surface area (Å²) in [5, 5.41) is 8.75. The van der Waals surface area contributed by atoms with Crippen molar-refractivity contribution in [3.63, 3.8) is 0 Å². The third-order valence-corrected chi connectivity index (χ3v) is 7.21. The molecular formula is C31H42N4O4. The van der Waals surface area contributed by atoms with Crippen LogP contribution in [0, 0.1) is 5.92 Å². The molecule has 5 unspecified atom stereocenters. The molecule has 2 bridgehead atoms. The van der Waals surface area contributed by atoms with E-state index in [0.29, 0.717) is 18.6 Å². The first-order valence-electron chi connectivity index (χ1n) is 13.8. The van der Waals surface area contributed by atoms with E-state index in [4.69, 9.17) is 4.74 Å². The van der Waals surface area contributed by atoms with Crippen molar-refractivity contribution in [3.8, 4) is 5.75 Å². The van der Waals surface area contributed by atoms with E-state index < -0.39 is 30.1 Å². The van der Waals surface area contributed by atoms with Crippen LogP contribution < -0.4 is 20.7 Å². The second-order valence-electron chi connectivity index (χ2n) is 10.3. The number of carbonyl (C=O) groups is 3. The van der Waals surface area contributed by atoms with Gasteiger partial charge < -0.3 is 20.7 Å². The molecule has 0 spiro atoms. The average Bonchev–Trinajstić information content (AvgIpc) is 2.93. The minimum atomic E-state index is -1.10.